The van der Waals surface area contributed by atoms with Crippen molar-refractivity contribution < 1.29 is 13.9 Å². The Balaban J connectivity index is 1.16. The summed E-state index contributed by atoms with van der Waals surface area (Å²) >= 11 is 0. The molecule has 1 aliphatic rings. The van der Waals surface area contributed by atoms with E-state index in [9.17, 15) is 9.18 Å². The Morgan fingerprint density at radius 2 is 1.89 bits per heavy atom. The van der Waals surface area contributed by atoms with Crippen LogP contribution in [-0.2, 0) is 4.79 Å². The van der Waals surface area contributed by atoms with Crippen molar-refractivity contribution in [3.63, 3.8) is 0 Å². The maximum atomic E-state index is 14.7. The van der Waals surface area contributed by atoms with Gasteiger partial charge in [-0.1, -0.05) is 12.1 Å². The Kier molecular flexibility index (Phi) is 8.64. The summed E-state index contributed by atoms with van der Waals surface area (Å²) < 4.78 is 20.6. The summed E-state index contributed by atoms with van der Waals surface area (Å²) in [6.07, 6.45) is 5.93. The van der Waals surface area contributed by atoms with Gasteiger partial charge in [0.15, 0.2) is 0 Å². The number of H-pyrrole nitrogens is 2. The van der Waals surface area contributed by atoms with Crippen LogP contribution < -0.4 is 15.4 Å². The summed E-state index contributed by atoms with van der Waals surface area (Å²) in [5.74, 6) is 0.533. The summed E-state index contributed by atoms with van der Waals surface area (Å²) in [6, 6.07) is 18.5. The van der Waals surface area contributed by atoms with E-state index in [-0.39, 0.29) is 11.7 Å². The second kappa shape index (κ2) is 13.3. The lowest BCUT2D eigenvalue weighted by Crippen LogP contribution is -2.30. The quantitative estimate of drug-likeness (QED) is 0.141. The molecule has 0 radical (unpaired) electrons. The number of fused-ring (bicyclic) bond motifs is 2. The number of rotatable bonds is 10. The Morgan fingerprint density at radius 1 is 1.02 bits per heavy atom. The van der Waals surface area contributed by atoms with Crippen molar-refractivity contribution in [2.24, 2.45) is 5.92 Å². The first-order chi connectivity index (χ1) is 22.9. The highest BCUT2D eigenvalue weighted by atomic mass is 19.1. The minimum absolute atomic E-state index is 0.000815. The molecule has 0 atom stereocenters. The van der Waals surface area contributed by atoms with Crippen LogP contribution in [0.15, 0.2) is 73.1 Å². The van der Waals surface area contributed by atoms with Crippen LogP contribution in [0.5, 0.6) is 5.75 Å². The third kappa shape index (κ3) is 6.86. The minimum Gasteiger partial charge on any atom is -0.492 e. The van der Waals surface area contributed by atoms with Crippen molar-refractivity contribution >= 4 is 33.5 Å². The summed E-state index contributed by atoms with van der Waals surface area (Å²) in [7, 11) is 3.94. The van der Waals surface area contributed by atoms with Gasteiger partial charge in [0.1, 0.15) is 29.4 Å². The third-order valence-electron chi connectivity index (χ3n) is 8.57. The average Bonchev–Trinajstić information content (AvgIpc) is 3.69. The van der Waals surface area contributed by atoms with E-state index in [0.717, 1.165) is 71.3 Å². The van der Waals surface area contributed by atoms with E-state index in [1.807, 2.05) is 67.5 Å². The number of aromatic nitrogens is 5. The van der Waals surface area contributed by atoms with Gasteiger partial charge in [-0.25, -0.2) is 9.37 Å². The molecule has 7 rings (SSSR count). The first-order valence-corrected chi connectivity index (χ1v) is 15.9. The van der Waals surface area contributed by atoms with Gasteiger partial charge in [-0.15, -0.1) is 0 Å². The first kappa shape index (κ1) is 30.5. The van der Waals surface area contributed by atoms with Gasteiger partial charge < -0.3 is 25.3 Å². The van der Waals surface area contributed by atoms with E-state index in [1.54, 1.807) is 12.4 Å². The van der Waals surface area contributed by atoms with Crippen LogP contribution in [0.1, 0.15) is 19.3 Å². The highest BCUT2D eigenvalue weighted by Crippen LogP contribution is 2.36. The molecule has 4 N–H and O–H groups in total. The predicted molar refractivity (Wildman–Crippen MR) is 183 cm³/mol. The van der Waals surface area contributed by atoms with Gasteiger partial charge in [-0.2, -0.15) is 5.10 Å². The number of nitrogens with one attached hydrogen (secondary N) is 4. The number of piperidine rings is 1. The SMILES string of the molecule is CN(C)CCOc1cc(F)cc(-c2cccc3[nH]c(-c4n[nH]c5ccc(-c6cncc(NC(=O)CC7CCNCC7)c6)nc45)cc23)c1. The molecular formula is C36H37FN8O2. The fraction of sp³-hybridized carbons (Fsp3) is 0.278. The lowest BCUT2D eigenvalue weighted by Gasteiger charge is -2.21. The number of likely N-dealkylation sites (N-methyl/N-ethyl adjacent to an activating group) is 1. The number of aromatic amines is 2. The number of anilines is 1. The fourth-order valence-electron chi connectivity index (χ4n) is 6.14. The Labute approximate surface area is 271 Å². The number of hydrogen-bond donors (Lipinski definition) is 4. The number of amides is 1. The number of carbonyl (C=O) groups excluding carboxylic acids is 1. The van der Waals surface area contributed by atoms with E-state index in [1.165, 1.54) is 12.1 Å². The van der Waals surface area contributed by atoms with Crippen LogP contribution in [0.3, 0.4) is 0 Å². The number of benzene rings is 2. The van der Waals surface area contributed by atoms with E-state index in [0.29, 0.717) is 47.3 Å². The van der Waals surface area contributed by atoms with Crippen molar-refractivity contribution in [1.82, 2.24) is 35.4 Å². The fourth-order valence-corrected chi connectivity index (χ4v) is 6.14. The zero-order chi connectivity index (χ0) is 32.3. The molecule has 6 aromatic rings. The largest absolute Gasteiger partial charge is 0.492 e. The predicted octanol–water partition coefficient (Wildman–Crippen LogP) is 6.24. The lowest BCUT2D eigenvalue weighted by atomic mass is 9.94. The average molecular weight is 633 g/mol. The molecule has 11 heteroatoms. The van der Waals surface area contributed by atoms with Crippen molar-refractivity contribution in [3.8, 4) is 39.5 Å². The van der Waals surface area contributed by atoms with Crippen molar-refractivity contribution in [1.29, 1.82) is 0 Å². The summed E-state index contributed by atoms with van der Waals surface area (Å²) in [5.41, 5.74) is 7.54. The van der Waals surface area contributed by atoms with Crippen LogP contribution in [0.2, 0.25) is 0 Å². The molecule has 47 heavy (non-hydrogen) atoms. The topological polar surface area (TPSA) is 124 Å². The molecule has 2 aromatic carbocycles. The number of carbonyl (C=O) groups is 1. The maximum absolute atomic E-state index is 14.7. The van der Waals surface area contributed by atoms with Crippen LogP contribution in [0, 0.1) is 11.7 Å². The summed E-state index contributed by atoms with van der Waals surface area (Å²) in [5, 5.41) is 15.0. The zero-order valence-electron chi connectivity index (χ0n) is 26.4. The Morgan fingerprint density at radius 3 is 2.74 bits per heavy atom. The second-order valence-corrected chi connectivity index (χ2v) is 12.4. The van der Waals surface area contributed by atoms with Crippen molar-refractivity contribution in [2.45, 2.75) is 19.3 Å². The highest BCUT2D eigenvalue weighted by molar-refractivity contribution is 6.00. The van der Waals surface area contributed by atoms with E-state index in [2.05, 4.69) is 30.8 Å². The molecule has 0 saturated carbocycles. The van der Waals surface area contributed by atoms with Gasteiger partial charge >= 0.3 is 0 Å². The van der Waals surface area contributed by atoms with Crippen LogP contribution in [0.4, 0.5) is 10.1 Å². The maximum Gasteiger partial charge on any atom is 0.224 e. The lowest BCUT2D eigenvalue weighted by molar-refractivity contribution is -0.117. The van der Waals surface area contributed by atoms with Gasteiger partial charge in [0.05, 0.1) is 28.8 Å². The van der Waals surface area contributed by atoms with Crippen LogP contribution >= 0.6 is 0 Å². The van der Waals surface area contributed by atoms with Gasteiger partial charge in [0.25, 0.3) is 0 Å². The van der Waals surface area contributed by atoms with E-state index in [4.69, 9.17) is 9.72 Å². The zero-order valence-corrected chi connectivity index (χ0v) is 26.4. The molecule has 5 heterocycles. The molecule has 1 aliphatic heterocycles. The molecule has 0 bridgehead atoms. The number of nitrogens with zero attached hydrogens (tertiary/aromatic N) is 4. The smallest absolute Gasteiger partial charge is 0.224 e. The molecule has 1 fully saturated rings. The van der Waals surface area contributed by atoms with Gasteiger partial charge in [-0.05, 0) is 99.5 Å². The summed E-state index contributed by atoms with van der Waals surface area (Å²) in [6.45, 7) is 3.11. The number of halogens is 1. The highest BCUT2D eigenvalue weighted by Gasteiger charge is 2.19. The standard InChI is InChI=1S/C36H37FN8O2/c1-45(2)12-13-47-27-17-23(15-25(37)18-27)28-4-3-5-31-29(28)19-33(41-31)36-35-32(43-44-36)7-6-30(42-35)24-16-26(21-39-20-24)40-34(46)14-22-8-10-38-11-9-22/h3-7,15-22,38,41H,8-14H2,1-2H3,(H,40,46)(H,43,44). The number of hydrogen-bond acceptors (Lipinski definition) is 7. The minimum atomic E-state index is -0.356. The molecular weight excluding hydrogens is 595 g/mol. The van der Waals surface area contributed by atoms with Crippen molar-refractivity contribution in [2.75, 3.05) is 45.7 Å². The van der Waals surface area contributed by atoms with Crippen LogP contribution in [0.25, 0.3) is 55.7 Å². The van der Waals surface area contributed by atoms with Crippen molar-refractivity contribution in [3.05, 3.63) is 78.9 Å². The Bertz CT molecular complexity index is 2050. The molecule has 240 valence electrons. The first-order valence-electron chi connectivity index (χ1n) is 15.9. The normalized spacial score (nSPS) is 13.9. The molecule has 1 saturated heterocycles. The molecule has 4 aromatic heterocycles. The molecule has 0 unspecified atom stereocenters. The van der Waals surface area contributed by atoms with Crippen LogP contribution in [-0.4, -0.2) is 76.3 Å². The molecule has 0 spiro atoms. The van der Waals surface area contributed by atoms with Gasteiger partial charge in [-0.3, -0.25) is 14.9 Å². The second-order valence-electron chi connectivity index (χ2n) is 12.4. The van der Waals surface area contributed by atoms with Gasteiger partial charge in [0, 0.05) is 41.7 Å². The van der Waals surface area contributed by atoms with E-state index >= 15 is 0 Å². The third-order valence-corrected chi connectivity index (χ3v) is 8.57. The molecule has 10 nitrogen and oxygen atoms in total. The number of pyridine rings is 2. The summed E-state index contributed by atoms with van der Waals surface area (Å²) in [4.78, 5) is 27.6. The number of ether oxygens (including phenoxy) is 1. The van der Waals surface area contributed by atoms with E-state index < -0.39 is 0 Å². The monoisotopic (exact) mass is 632 g/mol. The molecule has 1 amide bonds. The Hall–Kier alpha value is -5.13. The van der Waals surface area contributed by atoms with Gasteiger partial charge in [0.2, 0.25) is 5.91 Å². The molecule has 0 aliphatic carbocycles.